The van der Waals surface area contributed by atoms with E-state index < -0.39 is 5.97 Å². The summed E-state index contributed by atoms with van der Waals surface area (Å²) in [4.78, 5) is 25.7. The summed E-state index contributed by atoms with van der Waals surface area (Å²) in [6.45, 7) is 1.91. The van der Waals surface area contributed by atoms with Crippen LogP contribution in [0.4, 0.5) is 11.5 Å². The molecule has 4 aromatic rings. The van der Waals surface area contributed by atoms with Crippen molar-refractivity contribution in [1.82, 2.24) is 15.0 Å². The molecule has 0 fully saturated rings. The van der Waals surface area contributed by atoms with Crippen LogP contribution in [0.5, 0.6) is 0 Å². The van der Waals surface area contributed by atoms with Crippen LogP contribution in [0.15, 0.2) is 54.7 Å². The lowest BCUT2D eigenvalue weighted by Crippen LogP contribution is -2.03. The van der Waals surface area contributed by atoms with Crippen molar-refractivity contribution in [3.63, 3.8) is 0 Å². The highest BCUT2D eigenvalue weighted by molar-refractivity contribution is 7.15. The molecule has 0 bridgehead atoms. The fraction of sp³-hybridized carbons (Fsp3) is 0.0476. The maximum Gasteiger partial charge on any atom is 0.335 e. The molecule has 7 nitrogen and oxygen atoms in total. The molecular formula is C21H17N5O2S. The Balaban J connectivity index is 1.92. The lowest BCUT2D eigenvalue weighted by Gasteiger charge is -2.13. The van der Waals surface area contributed by atoms with E-state index in [-0.39, 0.29) is 11.4 Å². The maximum atomic E-state index is 11.2. The van der Waals surface area contributed by atoms with Gasteiger partial charge in [-0.05, 0) is 31.2 Å². The second-order valence-electron chi connectivity index (χ2n) is 6.40. The van der Waals surface area contributed by atoms with Gasteiger partial charge in [0.05, 0.1) is 26.8 Å². The summed E-state index contributed by atoms with van der Waals surface area (Å²) in [5, 5.41) is 10.1. The van der Waals surface area contributed by atoms with Crippen LogP contribution in [0, 0.1) is 6.92 Å². The van der Waals surface area contributed by atoms with Gasteiger partial charge in [-0.25, -0.2) is 19.7 Å². The van der Waals surface area contributed by atoms with Gasteiger partial charge >= 0.3 is 5.97 Å². The number of aromatic carboxylic acids is 1. The summed E-state index contributed by atoms with van der Waals surface area (Å²) in [6.07, 6.45) is 1.73. The molecule has 0 aliphatic carbocycles. The number of nitrogens with zero attached hydrogens (tertiary/aromatic N) is 3. The molecule has 0 atom stereocenters. The average Bonchev–Trinajstić information content (AvgIpc) is 3.14. The topological polar surface area (TPSA) is 128 Å². The molecule has 8 heteroatoms. The minimum Gasteiger partial charge on any atom is -0.478 e. The molecule has 0 aliphatic rings. The van der Waals surface area contributed by atoms with E-state index in [2.05, 4.69) is 9.97 Å². The number of carboxylic acids is 1. The molecule has 0 saturated carbocycles. The second-order valence-corrected chi connectivity index (χ2v) is 7.64. The van der Waals surface area contributed by atoms with Gasteiger partial charge in [0.2, 0.25) is 0 Å². The van der Waals surface area contributed by atoms with E-state index in [1.54, 1.807) is 30.5 Å². The lowest BCUT2D eigenvalue weighted by molar-refractivity contribution is 0.0697. The highest BCUT2D eigenvalue weighted by atomic mass is 32.1. The SMILES string of the molecule is Cc1ncc(-c2nc(-c3ccc(N)cc3)c(-c3ccc(C(=O)O)cc3)nc2N)s1. The number of anilines is 2. The Labute approximate surface area is 170 Å². The zero-order chi connectivity index (χ0) is 20.5. The van der Waals surface area contributed by atoms with Crippen LogP contribution in [0.2, 0.25) is 0 Å². The number of hydrogen-bond donors (Lipinski definition) is 3. The van der Waals surface area contributed by atoms with Crippen LogP contribution >= 0.6 is 11.3 Å². The molecule has 0 spiro atoms. The zero-order valence-electron chi connectivity index (χ0n) is 15.5. The Kier molecular flexibility index (Phi) is 4.69. The summed E-state index contributed by atoms with van der Waals surface area (Å²) in [7, 11) is 0. The van der Waals surface area contributed by atoms with Crippen molar-refractivity contribution in [3.05, 3.63) is 65.3 Å². The van der Waals surface area contributed by atoms with Crippen molar-refractivity contribution >= 4 is 28.8 Å². The number of hydrogen-bond acceptors (Lipinski definition) is 7. The first-order valence-electron chi connectivity index (χ1n) is 8.72. The summed E-state index contributed by atoms with van der Waals surface area (Å²) >= 11 is 1.49. The Hall–Kier alpha value is -3.78. The standard InChI is InChI=1S/C21H17N5O2S/c1-11-24-10-16(29-11)19-20(23)26-18(12-2-4-14(5-3-12)21(27)28)17(25-19)13-6-8-15(22)9-7-13/h2-10H,22H2,1H3,(H2,23,26)(H,27,28). The van der Waals surface area contributed by atoms with Gasteiger partial charge in [-0.2, -0.15) is 0 Å². The van der Waals surface area contributed by atoms with Gasteiger partial charge in [-0.3, -0.25) is 0 Å². The fourth-order valence-corrected chi connectivity index (χ4v) is 3.69. The maximum absolute atomic E-state index is 11.2. The summed E-state index contributed by atoms with van der Waals surface area (Å²) < 4.78 is 0. The molecule has 4 rings (SSSR count). The first-order chi connectivity index (χ1) is 13.9. The van der Waals surface area contributed by atoms with Gasteiger partial charge in [-0.1, -0.05) is 24.3 Å². The number of aromatic nitrogens is 3. The van der Waals surface area contributed by atoms with Crippen molar-refractivity contribution in [2.75, 3.05) is 11.5 Å². The first kappa shape index (κ1) is 18.6. The Bertz CT molecular complexity index is 1200. The summed E-state index contributed by atoms with van der Waals surface area (Å²) in [5.41, 5.74) is 16.2. The quantitative estimate of drug-likeness (QED) is 0.437. The first-order valence-corrected chi connectivity index (χ1v) is 9.54. The predicted molar refractivity (Wildman–Crippen MR) is 115 cm³/mol. The monoisotopic (exact) mass is 403 g/mol. The van der Waals surface area contributed by atoms with Crippen LogP contribution in [-0.2, 0) is 0 Å². The number of rotatable bonds is 4. The third kappa shape index (κ3) is 3.65. The number of carboxylic acid groups (broad SMARTS) is 1. The number of thiazole rings is 1. The molecule has 29 heavy (non-hydrogen) atoms. The third-order valence-electron chi connectivity index (χ3n) is 4.37. The molecule has 5 N–H and O–H groups in total. The van der Waals surface area contributed by atoms with Gasteiger partial charge in [-0.15, -0.1) is 11.3 Å². The van der Waals surface area contributed by atoms with Gasteiger partial charge in [0.25, 0.3) is 0 Å². The molecule has 0 radical (unpaired) electrons. The van der Waals surface area contributed by atoms with Gasteiger partial charge in [0.15, 0.2) is 5.82 Å². The second kappa shape index (κ2) is 7.33. The minimum atomic E-state index is -0.989. The Morgan fingerprint density at radius 3 is 2.03 bits per heavy atom. The predicted octanol–water partition coefficient (Wildman–Crippen LogP) is 4.11. The number of carbonyl (C=O) groups is 1. The number of nitrogens with two attached hydrogens (primary N) is 2. The van der Waals surface area contributed by atoms with Crippen molar-refractivity contribution in [1.29, 1.82) is 0 Å². The number of aryl methyl sites for hydroxylation is 1. The molecule has 0 amide bonds. The zero-order valence-corrected chi connectivity index (χ0v) is 16.3. The molecule has 0 aliphatic heterocycles. The highest BCUT2D eigenvalue weighted by Crippen LogP contribution is 2.36. The lowest BCUT2D eigenvalue weighted by atomic mass is 10.0. The Morgan fingerprint density at radius 2 is 1.48 bits per heavy atom. The molecule has 2 aromatic carbocycles. The molecule has 2 heterocycles. The van der Waals surface area contributed by atoms with E-state index in [0.29, 0.717) is 28.3 Å². The van der Waals surface area contributed by atoms with Crippen LogP contribution in [0.3, 0.4) is 0 Å². The van der Waals surface area contributed by atoms with Crippen molar-refractivity contribution in [3.8, 4) is 33.1 Å². The van der Waals surface area contributed by atoms with Gasteiger partial charge < -0.3 is 16.6 Å². The van der Waals surface area contributed by atoms with E-state index in [9.17, 15) is 4.79 Å². The summed E-state index contributed by atoms with van der Waals surface area (Å²) in [6, 6.07) is 13.8. The van der Waals surface area contributed by atoms with E-state index in [0.717, 1.165) is 15.4 Å². The largest absolute Gasteiger partial charge is 0.478 e. The molecular weight excluding hydrogens is 386 g/mol. The van der Waals surface area contributed by atoms with E-state index >= 15 is 0 Å². The third-order valence-corrected chi connectivity index (χ3v) is 5.29. The van der Waals surface area contributed by atoms with Crippen molar-refractivity contribution in [2.24, 2.45) is 0 Å². The molecule has 2 aromatic heterocycles. The van der Waals surface area contributed by atoms with Crippen LogP contribution < -0.4 is 11.5 Å². The molecule has 0 saturated heterocycles. The van der Waals surface area contributed by atoms with Crippen LogP contribution in [0.1, 0.15) is 15.4 Å². The smallest absolute Gasteiger partial charge is 0.335 e. The average molecular weight is 403 g/mol. The van der Waals surface area contributed by atoms with E-state index in [4.69, 9.17) is 21.6 Å². The molecule has 0 unspecified atom stereocenters. The van der Waals surface area contributed by atoms with Crippen LogP contribution in [0.25, 0.3) is 33.1 Å². The number of benzene rings is 2. The molecule has 144 valence electrons. The van der Waals surface area contributed by atoms with E-state index in [1.807, 2.05) is 19.1 Å². The minimum absolute atomic E-state index is 0.195. The normalized spacial score (nSPS) is 10.8. The van der Waals surface area contributed by atoms with Crippen molar-refractivity contribution in [2.45, 2.75) is 6.92 Å². The number of nitrogen functional groups attached to an aromatic ring is 2. The van der Waals surface area contributed by atoms with Crippen molar-refractivity contribution < 1.29 is 9.90 Å². The van der Waals surface area contributed by atoms with Gasteiger partial charge in [0, 0.05) is 23.0 Å². The highest BCUT2D eigenvalue weighted by Gasteiger charge is 2.18. The Morgan fingerprint density at radius 1 is 0.897 bits per heavy atom. The van der Waals surface area contributed by atoms with Gasteiger partial charge in [0.1, 0.15) is 5.69 Å². The van der Waals surface area contributed by atoms with E-state index in [1.165, 1.54) is 23.5 Å². The fourth-order valence-electron chi connectivity index (χ4n) is 2.91. The summed E-state index contributed by atoms with van der Waals surface area (Å²) in [5.74, 6) is -0.707. The van der Waals surface area contributed by atoms with Crippen LogP contribution in [-0.4, -0.2) is 26.0 Å².